The molecule has 120 valence electrons. The topological polar surface area (TPSA) is 80.6 Å². The molecule has 1 aliphatic heterocycles. The first-order chi connectivity index (χ1) is 9.60. The molecular weight excluding hydrogens is 266 g/mol. The molecule has 0 aromatic carbocycles. The average molecular weight is 293 g/mol. The highest BCUT2D eigenvalue weighted by atomic mass is 16.6. The summed E-state index contributed by atoms with van der Waals surface area (Å²) >= 11 is 0. The Morgan fingerprint density at radius 3 is 1.20 bits per heavy atom. The van der Waals surface area contributed by atoms with Crippen LogP contribution in [0.4, 0.5) is 0 Å². The Hall–Kier alpha value is -0.280. The number of aliphatic hydroxyl groups is 2. The number of hydrogen-bond donors (Lipinski definition) is 2. The van der Waals surface area contributed by atoms with Crippen LogP contribution < -0.4 is 0 Å². The van der Waals surface area contributed by atoms with Crippen molar-refractivity contribution >= 4 is 0 Å². The molecule has 2 N–H and O–H groups in total. The predicted molar refractivity (Wildman–Crippen MR) is 72.7 cm³/mol. The fraction of sp³-hybridized carbons (Fsp3) is 1.00. The van der Waals surface area contributed by atoms with Gasteiger partial charge in [-0.2, -0.15) is 0 Å². The molecule has 1 rings (SSSR count). The van der Waals surface area contributed by atoms with Gasteiger partial charge >= 0.3 is 0 Å². The highest BCUT2D eigenvalue weighted by Crippen LogP contribution is 2.28. The van der Waals surface area contributed by atoms with E-state index < -0.39 is 24.4 Å². The van der Waals surface area contributed by atoms with Crippen molar-refractivity contribution in [2.24, 2.45) is 0 Å². The molecule has 0 spiro atoms. The summed E-state index contributed by atoms with van der Waals surface area (Å²) in [7, 11) is 8.11. The molecule has 0 unspecified atom stereocenters. The quantitative estimate of drug-likeness (QED) is 0.631. The van der Waals surface area contributed by atoms with Gasteiger partial charge in [-0.25, -0.2) is 0 Å². The van der Waals surface area contributed by atoms with E-state index in [1.165, 1.54) is 0 Å². The zero-order chi connectivity index (χ0) is 15.3. The van der Waals surface area contributed by atoms with Gasteiger partial charge < -0.3 is 29.2 Å². The first-order valence-electron chi connectivity index (χ1n) is 6.66. The van der Waals surface area contributed by atoms with E-state index >= 15 is 0 Å². The third-order valence-corrected chi connectivity index (χ3v) is 4.24. The van der Waals surface area contributed by atoms with E-state index in [9.17, 15) is 10.2 Å². The van der Waals surface area contributed by atoms with Crippen molar-refractivity contribution in [1.29, 1.82) is 0 Å². The third-order valence-electron chi connectivity index (χ3n) is 4.24. The summed E-state index contributed by atoms with van der Waals surface area (Å²) < 4.78 is 22.1. The Labute approximate surface area is 120 Å². The Morgan fingerprint density at radius 2 is 1.00 bits per heavy atom. The van der Waals surface area contributed by atoms with Crippen molar-refractivity contribution in [2.75, 3.05) is 48.7 Å². The number of likely N-dealkylation sites (tertiary alicyclic amines) is 1. The molecule has 1 fully saturated rings. The Kier molecular flexibility index (Phi) is 7.32. The monoisotopic (exact) mass is 293 g/mol. The maximum atomic E-state index is 9.69. The number of hydrogen-bond acceptors (Lipinski definition) is 7. The molecule has 0 saturated carbocycles. The number of aliphatic hydroxyl groups excluding tert-OH is 2. The largest absolute Gasteiger partial charge is 0.395 e. The highest BCUT2D eigenvalue weighted by molar-refractivity contribution is 5.01. The molecule has 7 heteroatoms. The van der Waals surface area contributed by atoms with Crippen LogP contribution in [0.3, 0.4) is 0 Å². The van der Waals surface area contributed by atoms with E-state index in [4.69, 9.17) is 18.9 Å². The maximum Gasteiger partial charge on any atom is 0.114 e. The number of methoxy groups -OCH3 is 4. The number of likely N-dealkylation sites (N-methyl/N-ethyl adjacent to an activating group) is 1. The first kappa shape index (κ1) is 17.8. The minimum Gasteiger partial charge on any atom is -0.395 e. The molecule has 7 nitrogen and oxygen atoms in total. The van der Waals surface area contributed by atoms with Crippen molar-refractivity contribution < 1.29 is 29.2 Å². The Balaban J connectivity index is 3.24. The lowest BCUT2D eigenvalue weighted by Crippen LogP contribution is -2.53. The van der Waals surface area contributed by atoms with Gasteiger partial charge in [0.05, 0.1) is 25.3 Å². The van der Waals surface area contributed by atoms with Gasteiger partial charge in [-0.15, -0.1) is 0 Å². The van der Waals surface area contributed by atoms with E-state index in [1.54, 1.807) is 28.4 Å². The zero-order valence-electron chi connectivity index (χ0n) is 12.9. The van der Waals surface area contributed by atoms with Crippen molar-refractivity contribution in [3.63, 3.8) is 0 Å². The van der Waals surface area contributed by atoms with Gasteiger partial charge in [-0.3, -0.25) is 4.90 Å². The molecule has 1 heterocycles. The first-order valence-corrected chi connectivity index (χ1v) is 6.66. The smallest absolute Gasteiger partial charge is 0.114 e. The van der Waals surface area contributed by atoms with Crippen molar-refractivity contribution in [1.82, 2.24) is 4.90 Å². The molecule has 0 radical (unpaired) electrons. The molecule has 20 heavy (non-hydrogen) atoms. The van der Waals surface area contributed by atoms with E-state index in [0.717, 1.165) is 0 Å². The Morgan fingerprint density at radius 1 is 0.700 bits per heavy atom. The van der Waals surface area contributed by atoms with Gasteiger partial charge in [0.2, 0.25) is 0 Å². The molecule has 6 atom stereocenters. The number of ether oxygens (including phenoxy) is 4. The molecule has 0 aromatic rings. The second-order valence-corrected chi connectivity index (χ2v) is 4.97. The summed E-state index contributed by atoms with van der Waals surface area (Å²) in [6.45, 7) is -0.226. The maximum absolute atomic E-state index is 9.69. The van der Waals surface area contributed by atoms with Gasteiger partial charge in [0.15, 0.2) is 0 Å². The standard InChI is InChI=1S/C13H27NO6/c1-14-8(6-15)10(17-2)12(19-4)13(20-5)11(18-3)9(14)7-16/h8-13,15-16H,6-7H2,1-5H3/t8-,9+,10+,11-,12-,13+. The van der Waals surface area contributed by atoms with Gasteiger partial charge in [0.1, 0.15) is 24.4 Å². The van der Waals surface area contributed by atoms with E-state index in [-0.39, 0.29) is 25.3 Å². The fourth-order valence-electron chi connectivity index (χ4n) is 3.11. The minimum atomic E-state index is -0.411. The average Bonchev–Trinajstić information content (AvgIpc) is 2.57. The summed E-state index contributed by atoms with van der Waals surface area (Å²) in [5.74, 6) is 0. The molecule has 0 bridgehead atoms. The van der Waals surface area contributed by atoms with Crippen molar-refractivity contribution in [3.8, 4) is 0 Å². The predicted octanol–water partition coefficient (Wildman–Crippen LogP) is -1.29. The van der Waals surface area contributed by atoms with E-state index in [2.05, 4.69) is 0 Å². The molecule has 1 saturated heterocycles. The van der Waals surface area contributed by atoms with Crippen molar-refractivity contribution in [3.05, 3.63) is 0 Å². The van der Waals surface area contributed by atoms with Crippen LogP contribution in [0.2, 0.25) is 0 Å². The second-order valence-electron chi connectivity index (χ2n) is 4.97. The lowest BCUT2D eigenvalue weighted by atomic mass is 9.98. The van der Waals surface area contributed by atoms with Crippen LogP contribution in [0.5, 0.6) is 0 Å². The third kappa shape index (κ3) is 3.14. The highest BCUT2D eigenvalue weighted by Gasteiger charge is 2.49. The summed E-state index contributed by atoms with van der Waals surface area (Å²) in [5, 5.41) is 19.4. The number of rotatable bonds is 6. The summed E-state index contributed by atoms with van der Waals surface area (Å²) in [5.41, 5.74) is 0. The second kappa shape index (κ2) is 8.23. The van der Waals surface area contributed by atoms with Gasteiger partial charge in [-0.05, 0) is 7.05 Å². The van der Waals surface area contributed by atoms with Gasteiger partial charge in [0.25, 0.3) is 0 Å². The van der Waals surface area contributed by atoms with Crippen LogP contribution in [0, 0.1) is 0 Å². The van der Waals surface area contributed by atoms with E-state index in [0.29, 0.717) is 0 Å². The molecule has 1 aliphatic rings. The normalized spacial score (nSPS) is 39.8. The van der Waals surface area contributed by atoms with Crippen molar-refractivity contribution in [2.45, 2.75) is 36.5 Å². The summed E-state index contributed by atoms with van der Waals surface area (Å²) in [6, 6.07) is -0.639. The Bertz CT molecular complexity index is 254. The molecule has 0 aliphatic carbocycles. The minimum absolute atomic E-state index is 0.113. The fourth-order valence-corrected chi connectivity index (χ4v) is 3.11. The summed E-state index contributed by atoms with van der Waals surface area (Å²) in [4.78, 5) is 1.87. The van der Waals surface area contributed by atoms with Crippen LogP contribution in [0.25, 0.3) is 0 Å². The van der Waals surface area contributed by atoms with Gasteiger partial charge in [-0.1, -0.05) is 0 Å². The lowest BCUT2D eigenvalue weighted by molar-refractivity contribution is -0.147. The van der Waals surface area contributed by atoms with Crippen LogP contribution in [-0.2, 0) is 18.9 Å². The molecular formula is C13H27NO6. The van der Waals surface area contributed by atoms with Gasteiger partial charge in [0, 0.05) is 28.4 Å². The van der Waals surface area contributed by atoms with Crippen LogP contribution >= 0.6 is 0 Å². The summed E-state index contributed by atoms with van der Waals surface area (Å²) in [6.07, 6.45) is -1.61. The number of nitrogens with zero attached hydrogens (tertiary/aromatic N) is 1. The van der Waals surface area contributed by atoms with Crippen LogP contribution in [-0.4, -0.2) is 100 Å². The van der Waals surface area contributed by atoms with E-state index in [1.807, 2.05) is 11.9 Å². The SMILES string of the molecule is CO[C@@H]1[C@H](OC)[C@@H](OC)[C@@H](CO)N(C)[C@@H](CO)[C@H]1OC. The lowest BCUT2D eigenvalue weighted by Gasteiger charge is -2.36. The molecule has 0 aromatic heterocycles. The van der Waals surface area contributed by atoms with Crippen LogP contribution in [0.15, 0.2) is 0 Å². The zero-order valence-corrected chi connectivity index (χ0v) is 12.9. The van der Waals surface area contributed by atoms with Crippen LogP contribution in [0.1, 0.15) is 0 Å². The molecule has 0 amide bonds.